The Hall–Kier alpha value is -2.16. The van der Waals surface area contributed by atoms with Crippen LogP contribution in [0.1, 0.15) is 21.6 Å². The van der Waals surface area contributed by atoms with E-state index < -0.39 is 16.1 Å². The summed E-state index contributed by atoms with van der Waals surface area (Å²) in [5.74, 6) is -0.292. The quantitative estimate of drug-likeness (QED) is 0.508. The molecule has 2 aromatic carbocycles. The second kappa shape index (κ2) is 9.00. The van der Waals surface area contributed by atoms with E-state index in [-0.39, 0.29) is 39.3 Å². The Labute approximate surface area is 201 Å². The molecule has 166 valence electrons. The molecule has 0 saturated heterocycles. The van der Waals surface area contributed by atoms with Crippen LogP contribution in [0.25, 0.3) is 0 Å². The van der Waals surface area contributed by atoms with Gasteiger partial charge in [0.25, 0.3) is 10.0 Å². The molecular weight excluding hydrogens is 493 g/mol. The molecular formula is C22H18Cl3N3O3S. The topological polar surface area (TPSA) is 93.4 Å². The number of carbonyl (C=O) groups excluding carboxylic acids is 1. The summed E-state index contributed by atoms with van der Waals surface area (Å²) in [6.07, 6.45) is 1.92. The molecule has 3 aromatic rings. The Balaban J connectivity index is 1.72. The predicted octanol–water partition coefficient (Wildman–Crippen LogP) is 4.55. The van der Waals surface area contributed by atoms with Gasteiger partial charge >= 0.3 is 0 Å². The molecule has 0 aliphatic carbocycles. The van der Waals surface area contributed by atoms with Crippen LogP contribution in [0.15, 0.2) is 59.6 Å². The minimum absolute atomic E-state index is 0.0408. The van der Waals surface area contributed by atoms with E-state index in [9.17, 15) is 13.2 Å². The molecule has 2 heterocycles. The van der Waals surface area contributed by atoms with Crippen molar-refractivity contribution in [3.8, 4) is 0 Å². The Morgan fingerprint density at radius 1 is 1.09 bits per heavy atom. The summed E-state index contributed by atoms with van der Waals surface area (Å²) >= 11 is 18.3. The van der Waals surface area contributed by atoms with Gasteiger partial charge in [-0.25, -0.2) is 8.42 Å². The average molecular weight is 511 g/mol. The smallest absolute Gasteiger partial charge is 0.264 e. The summed E-state index contributed by atoms with van der Waals surface area (Å²) in [6.45, 7) is 0.0806. The number of fused-ring (bicyclic) bond motifs is 1. The van der Waals surface area contributed by atoms with Crippen molar-refractivity contribution in [1.29, 1.82) is 0 Å². The maximum Gasteiger partial charge on any atom is 0.264 e. The van der Waals surface area contributed by atoms with Gasteiger partial charge in [-0.05, 0) is 42.0 Å². The van der Waals surface area contributed by atoms with Crippen LogP contribution in [0.2, 0.25) is 15.1 Å². The molecule has 1 aliphatic rings. The molecule has 1 aliphatic heterocycles. The molecule has 0 amide bonds. The molecule has 6 nitrogen and oxygen atoms in total. The Kier molecular flexibility index (Phi) is 6.47. The van der Waals surface area contributed by atoms with Crippen LogP contribution in [0.4, 0.5) is 5.69 Å². The number of pyridine rings is 1. The summed E-state index contributed by atoms with van der Waals surface area (Å²) in [7, 11) is -3.94. The fourth-order valence-corrected chi connectivity index (χ4v) is 6.09. The molecule has 2 N–H and O–H groups in total. The lowest BCUT2D eigenvalue weighted by atomic mass is 10.0. The number of benzene rings is 2. The van der Waals surface area contributed by atoms with Crippen molar-refractivity contribution in [3.63, 3.8) is 0 Å². The highest BCUT2D eigenvalue weighted by atomic mass is 35.5. The van der Waals surface area contributed by atoms with Crippen molar-refractivity contribution >= 4 is 56.3 Å². The van der Waals surface area contributed by atoms with Crippen molar-refractivity contribution in [1.82, 2.24) is 4.98 Å². The van der Waals surface area contributed by atoms with Crippen LogP contribution in [-0.2, 0) is 22.9 Å². The Morgan fingerprint density at radius 2 is 1.78 bits per heavy atom. The second-order valence-corrected chi connectivity index (χ2v) is 10.6. The number of anilines is 1. The summed E-state index contributed by atoms with van der Waals surface area (Å²) < 4.78 is 28.0. The van der Waals surface area contributed by atoms with Crippen LogP contribution < -0.4 is 10.0 Å². The third-order valence-electron chi connectivity index (χ3n) is 5.12. The molecule has 4 rings (SSSR count). The molecule has 0 spiro atoms. The number of Topliss-reactive ketones (excluding diaryl/α,β-unsaturated/α-hetero) is 1. The van der Waals surface area contributed by atoms with Gasteiger partial charge in [0.15, 0.2) is 5.78 Å². The summed E-state index contributed by atoms with van der Waals surface area (Å²) in [5.41, 5.74) is 7.81. The number of sulfonamides is 1. The predicted molar refractivity (Wildman–Crippen MR) is 126 cm³/mol. The molecule has 0 unspecified atom stereocenters. The van der Waals surface area contributed by atoms with Gasteiger partial charge in [-0.2, -0.15) is 0 Å². The second-order valence-electron chi connectivity index (χ2n) is 7.46. The van der Waals surface area contributed by atoms with Gasteiger partial charge in [0.2, 0.25) is 0 Å². The van der Waals surface area contributed by atoms with Gasteiger partial charge < -0.3 is 5.73 Å². The number of hydrogen-bond acceptors (Lipinski definition) is 5. The number of aromatic nitrogens is 1. The highest BCUT2D eigenvalue weighted by Gasteiger charge is 2.33. The number of nitrogens with two attached hydrogens (primary N) is 1. The third-order valence-corrected chi connectivity index (χ3v) is 7.76. The summed E-state index contributed by atoms with van der Waals surface area (Å²) in [5, 5.41) is 0.816. The lowest BCUT2D eigenvalue weighted by molar-refractivity contribution is 0.0993. The first-order valence-corrected chi connectivity index (χ1v) is 12.2. The monoisotopic (exact) mass is 509 g/mol. The third kappa shape index (κ3) is 4.49. The van der Waals surface area contributed by atoms with Gasteiger partial charge in [0.1, 0.15) is 0 Å². The number of halogens is 3. The fraction of sp³-hybridized carbons (Fsp3) is 0.182. The largest absolute Gasteiger partial charge is 0.326 e. The van der Waals surface area contributed by atoms with Crippen LogP contribution in [-0.4, -0.2) is 31.8 Å². The Bertz CT molecular complexity index is 1290. The number of ketones is 1. The van der Waals surface area contributed by atoms with E-state index in [0.717, 1.165) is 0 Å². The molecule has 0 radical (unpaired) electrons. The molecule has 0 saturated carbocycles. The van der Waals surface area contributed by atoms with E-state index in [2.05, 4.69) is 4.98 Å². The zero-order chi connectivity index (χ0) is 23.0. The van der Waals surface area contributed by atoms with Gasteiger partial charge in [-0.3, -0.25) is 14.1 Å². The van der Waals surface area contributed by atoms with Crippen LogP contribution in [0.5, 0.6) is 0 Å². The van der Waals surface area contributed by atoms with E-state index in [1.165, 1.54) is 16.4 Å². The van der Waals surface area contributed by atoms with Crippen LogP contribution in [0.3, 0.4) is 0 Å². The van der Waals surface area contributed by atoms with E-state index in [1.807, 2.05) is 0 Å². The van der Waals surface area contributed by atoms with Gasteiger partial charge in [-0.15, -0.1) is 0 Å². The van der Waals surface area contributed by atoms with Crippen molar-refractivity contribution in [2.75, 3.05) is 10.8 Å². The highest BCUT2D eigenvalue weighted by Crippen LogP contribution is 2.33. The average Bonchev–Trinajstić information content (AvgIpc) is 2.73. The minimum Gasteiger partial charge on any atom is -0.326 e. The number of nitrogens with zero attached hydrogens (tertiary/aromatic N) is 2. The number of carbonyl (C=O) groups is 1. The Morgan fingerprint density at radius 3 is 2.47 bits per heavy atom. The van der Waals surface area contributed by atoms with Crippen molar-refractivity contribution in [3.05, 3.63) is 86.6 Å². The first-order chi connectivity index (χ1) is 15.2. The first-order valence-electron chi connectivity index (χ1n) is 9.65. The zero-order valence-corrected chi connectivity index (χ0v) is 19.7. The van der Waals surface area contributed by atoms with E-state index in [4.69, 9.17) is 40.5 Å². The highest BCUT2D eigenvalue weighted by molar-refractivity contribution is 7.92. The van der Waals surface area contributed by atoms with E-state index >= 15 is 0 Å². The van der Waals surface area contributed by atoms with E-state index in [1.54, 1.807) is 42.6 Å². The van der Waals surface area contributed by atoms with Crippen molar-refractivity contribution in [2.24, 2.45) is 5.73 Å². The standard InChI is InChI=1S/C22H18Cl3N3O3S/c23-14-3-1-4-16(9-14)32(30,31)28-12-15(26)10-19-20(28)7-13(11-27-19)8-21(29)22-17(24)5-2-6-18(22)25/h1-7,9,11,15H,8,10,12,26H2/t15-/m1/s1. The summed E-state index contributed by atoms with van der Waals surface area (Å²) in [6, 6.07) is 12.1. The fourth-order valence-electron chi connectivity index (χ4n) is 3.64. The molecule has 0 fully saturated rings. The summed E-state index contributed by atoms with van der Waals surface area (Å²) in [4.78, 5) is 17.3. The van der Waals surface area contributed by atoms with Gasteiger partial charge in [-0.1, -0.05) is 46.9 Å². The SMILES string of the molecule is N[C@@H]1Cc2ncc(CC(=O)c3c(Cl)cccc3Cl)cc2N(S(=O)(=O)c2cccc(Cl)c2)C1. The molecule has 32 heavy (non-hydrogen) atoms. The first kappa shape index (κ1) is 23.0. The number of hydrogen-bond donors (Lipinski definition) is 1. The van der Waals surface area contributed by atoms with Crippen molar-refractivity contribution < 1.29 is 13.2 Å². The van der Waals surface area contributed by atoms with Crippen LogP contribution >= 0.6 is 34.8 Å². The van der Waals surface area contributed by atoms with Gasteiger partial charge in [0, 0.05) is 36.6 Å². The number of rotatable bonds is 5. The molecule has 10 heteroatoms. The van der Waals surface area contributed by atoms with Gasteiger partial charge in [0.05, 0.1) is 31.9 Å². The molecule has 1 aromatic heterocycles. The lowest BCUT2D eigenvalue weighted by Crippen LogP contribution is -2.46. The zero-order valence-electron chi connectivity index (χ0n) is 16.6. The maximum atomic E-state index is 13.4. The van der Waals surface area contributed by atoms with Crippen LogP contribution in [0, 0.1) is 0 Å². The minimum atomic E-state index is -3.94. The lowest BCUT2D eigenvalue weighted by Gasteiger charge is -2.33. The van der Waals surface area contributed by atoms with Crippen molar-refractivity contribution in [2.45, 2.75) is 23.8 Å². The molecule has 0 bridgehead atoms. The maximum absolute atomic E-state index is 13.4. The molecule has 1 atom stereocenters. The normalized spacial score (nSPS) is 16.0. The van der Waals surface area contributed by atoms with E-state index in [0.29, 0.717) is 28.4 Å².